The Kier molecular flexibility index (Phi) is 16.5. The third-order valence-corrected chi connectivity index (χ3v) is 22.4. The van der Waals surface area contributed by atoms with Crippen LogP contribution in [0.4, 0.5) is 37.3 Å². The monoisotopic (exact) mass is 1280 g/mol. The standard InChI is InChI=1S/C37H44FN7O.C32H40ClN5O.C5H5FN2/c1-23(2)44-22-40-31-19-30(42-34(33(31)44)41-29-10-14-39-20-28(29)38)24-8-9-27-32(16-24)45(35(46)37(27)11-6-5-7-12-37)26-17-25(18-26)43-15-13-36(3,4)21-43;1-20(2)37-19-34-26-17-25(35-29(33)28(26)37)21-8-9-24-27(14-21)38(30(39)32(24)10-6-5-7-11-32)23-15-22(16-23)36-13-12-31(3,4)18-36;6-4-3-8-2-1-5(4)7/h8-10,14,16,19-20,22-23,25-26H,5-7,11-13,15,17-18,21H2,1-4H3,(H,39,41,42);8-9,14,17,19-20,22-23H,5-7,10-13,15-16,18H2,1-4H3;1-3H,(H2,7,8). The first-order valence-corrected chi connectivity index (χ1v) is 34.6. The van der Waals surface area contributed by atoms with Gasteiger partial charge in [-0.1, -0.05) is 102 Å². The highest BCUT2D eigenvalue weighted by Gasteiger charge is 2.57. The third kappa shape index (κ3) is 11.4. The van der Waals surface area contributed by atoms with Crippen molar-refractivity contribution in [2.24, 2.45) is 10.8 Å². The molecule has 0 radical (unpaired) electrons. The number of benzene rings is 2. The van der Waals surface area contributed by atoms with Gasteiger partial charge < -0.3 is 30.0 Å². The molecule has 3 N–H and O–H groups in total. The number of hydrogen-bond donors (Lipinski definition) is 2. The molecule has 0 bridgehead atoms. The van der Waals surface area contributed by atoms with Crippen LogP contribution in [-0.2, 0) is 20.4 Å². The molecule has 2 spiro atoms. The van der Waals surface area contributed by atoms with Gasteiger partial charge in [0.1, 0.15) is 11.0 Å². The average molecular weight is 1280 g/mol. The Morgan fingerprint density at radius 1 is 0.570 bits per heavy atom. The van der Waals surface area contributed by atoms with Crippen LogP contribution in [0.15, 0.2) is 98.1 Å². The molecule has 4 aliphatic heterocycles. The van der Waals surface area contributed by atoms with E-state index in [1.165, 1.54) is 68.4 Å². The second-order valence-corrected chi connectivity index (χ2v) is 30.5. The zero-order valence-corrected chi connectivity index (χ0v) is 56.0. The number of nitrogens with two attached hydrogens (primary N) is 1. The highest BCUT2D eigenvalue weighted by molar-refractivity contribution is 6.34. The van der Waals surface area contributed by atoms with E-state index in [-0.39, 0.29) is 35.3 Å². The maximum atomic E-state index is 14.8. The molecular formula is C74H89ClF2N14O2. The van der Waals surface area contributed by atoms with Crippen molar-refractivity contribution in [3.05, 3.63) is 126 Å². The molecule has 93 heavy (non-hydrogen) atoms. The number of imidazole rings is 2. The van der Waals surface area contributed by atoms with Gasteiger partial charge >= 0.3 is 0 Å². The molecule has 0 unspecified atom stereocenters. The summed E-state index contributed by atoms with van der Waals surface area (Å²) in [6.07, 6.45) is 26.3. The number of nitrogen functional groups attached to an aromatic ring is 1. The number of aromatic nitrogens is 8. The van der Waals surface area contributed by atoms with Crippen molar-refractivity contribution in [3.8, 4) is 22.5 Å². The smallest absolute Gasteiger partial charge is 0.237 e. The zero-order valence-electron chi connectivity index (χ0n) is 55.2. The van der Waals surface area contributed by atoms with Crippen molar-refractivity contribution >= 4 is 74.0 Å². The summed E-state index contributed by atoms with van der Waals surface area (Å²) < 4.78 is 31.0. The van der Waals surface area contributed by atoms with Crippen molar-refractivity contribution in [1.82, 2.24) is 48.8 Å². The number of pyridine rings is 4. The fourth-order valence-electron chi connectivity index (χ4n) is 16.8. The van der Waals surface area contributed by atoms with Crippen LogP contribution in [0.5, 0.6) is 0 Å². The first-order chi connectivity index (χ1) is 44.6. The summed E-state index contributed by atoms with van der Waals surface area (Å²) in [6.45, 7) is 22.6. The Morgan fingerprint density at radius 2 is 1.03 bits per heavy atom. The molecule has 0 atom stereocenters. The molecule has 16 nitrogen and oxygen atoms in total. The Balaban J connectivity index is 0.000000145. The van der Waals surface area contributed by atoms with Crippen molar-refractivity contribution in [3.63, 3.8) is 0 Å². The van der Waals surface area contributed by atoms with E-state index in [0.29, 0.717) is 51.4 Å². The molecule has 8 aromatic rings. The lowest BCUT2D eigenvalue weighted by atomic mass is 9.70. The number of halogens is 3. The molecule has 6 aromatic heterocycles. The predicted molar refractivity (Wildman–Crippen MR) is 366 cm³/mol. The van der Waals surface area contributed by atoms with Gasteiger partial charge in [0.15, 0.2) is 22.6 Å². The van der Waals surface area contributed by atoms with Gasteiger partial charge in [-0.05, 0) is 163 Å². The number of likely N-dealkylation sites (tertiary alicyclic amines) is 2. The van der Waals surface area contributed by atoms with Crippen LogP contribution in [0.1, 0.15) is 181 Å². The topological polar surface area (TPSA) is 172 Å². The number of amides is 2. The second kappa shape index (κ2) is 24.4. The molecule has 19 heteroatoms. The van der Waals surface area contributed by atoms with Gasteiger partial charge in [0.2, 0.25) is 11.8 Å². The summed E-state index contributed by atoms with van der Waals surface area (Å²) in [7, 11) is 0. The zero-order chi connectivity index (χ0) is 64.9. The van der Waals surface area contributed by atoms with E-state index in [4.69, 9.17) is 32.3 Å². The van der Waals surface area contributed by atoms with Gasteiger partial charge in [0, 0.05) is 84.2 Å². The first kappa shape index (κ1) is 63.0. The summed E-state index contributed by atoms with van der Waals surface area (Å²) in [4.78, 5) is 65.2. The van der Waals surface area contributed by atoms with Crippen molar-refractivity contribution in [2.75, 3.05) is 47.0 Å². The minimum atomic E-state index is -0.465. The number of hydrogen-bond acceptors (Lipinski definition) is 12. The van der Waals surface area contributed by atoms with E-state index >= 15 is 0 Å². The molecule has 4 saturated carbocycles. The van der Waals surface area contributed by atoms with E-state index < -0.39 is 17.0 Å². The fourth-order valence-corrected chi connectivity index (χ4v) is 17.1. The molecular weight excluding hydrogens is 1190 g/mol. The van der Waals surface area contributed by atoms with Crippen LogP contribution >= 0.6 is 11.6 Å². The van der Waals surface area contributed by atoms with Gasteiger partial charge in [-0.2, -0.15) is 0 Å². The quantitative estimate of drug-likeness (QED) is 0.124. The Labute approximate surface area is 550 Å². The molecule has 4 aliphatic carbocycles. The van der Waals surface area contributed by atoms with Gasteiger partial charge in [0.25, 0.3) is 0 Å². The first-order valence-electron chi connectivity index (χ1n) is 34.2. The minimum Gasteiger partial charge on any atom is -0.396 e. The Hall–Kier alpha value is -7.41. The molecule has 8 aliphatic rings. The molecule has 6 fully saturated rings. The largest absolute Gasteiger partial charge is 0.396 e. The molecule has 10 heterocycles. The summed E-state index contributed by atoms with van der Waals surface area (Å²) in [5, 5.41) is 3.71. The molecule has 2 amide bonds. The van der Waals surface area contributed by atoms with Crippen LogP contribution < -0.4 is 20.9 Å². The maximum absolute atomic E-state index is 14.8. The van der Waals surface area contributed by atoms with E-state index in [1.54, 1.807) is 12.3 Å². The number of fused-ring (bicyclic) bond motifs is 6. The van der Waals surface area contributed by atoms with E-state index in [0.717, 1.165) is 152 Å². The van der Waals surface area contributed by atoms with Gasteiger partial charge in [-0.15, -0.1) is 0 Å². The van der Waals surface area contributed by atoms with Gasteiger partial charge in [-0.3, -0.25) is 29.4 Å². The van der Waals surface area contributed by atoms with Crippen LogP contribution in [0.3, 0.4) is 0 Å². The van der Waals surface area contributed by atoms with Crippen LogP contribution in [0.2, 0.25) is 5.15 Å². The number of carbonyl (C=O) groups excluding carboxylic acids is 2. The van der Waals surface area contributed by atoms with E-state index in [9.17, 15) is 18.4 Å². The average Bonchev–Trinajstić information content (AvgIpc) is 1.56. The van der Waals surface area contributed by atoms with Gasteiger partial charge in [-0.25, -0.2) is 28.7 Å². The lowest BCUT2D eigenvalue weighted by Crippen LogP contribution is -2.56. The highest BCUT2D eigenvalue weighted by atomic mass is 35.5. The molecule has 488 valence electrons. The minimum absolute atomic E-state index is 0.139. The van der Waals surface area contributed by atoms with Crippen LogP contribution in [-0.4, -0.2) is 111 Å². The summed E-state index contributed by atoms with van der Waals surface area (Å²) in [5.74, 6) is 0.277. The lowest BCUT2D eigenvalue weighted by molar-refractivity contribution is -0.126. The molecule has 16 rings (SSSR count). The summed E-state index contributed by atoms with van der Waals surface area (Å²) in [5.41, 5.74) is 17.0. The number of anilines is 5. The molecule has 2 aromatic carbocycles. The Bertz CT molecular complexity index is 4130. The maximum Gasteiger partial charge on any atom is 0.237 e. The van der Waals surface area contributed by atoms with Crippen LogP contribution in [0, 0.1) is 22.5 Å². The van der Waals surface area contributed by atoms with E-state index in [2.05, 4.69) is 141 Å². The van der Waals surface area contributed by atoms with E-state index in [1.807, 2.05) is 24.8 Å². The summed E-state index contributed by atoms with van der Waals surface area (Å²) >= 11 is 6.73. The highest BCUT2D eigenvalue weighted by Crippen LogP contribution is 2.56. The number of carbonyl (C=O) groups is 2. The fraction of sp³-hybridized carbons (Fsp3) is 0.514. The number of nitrogens with one attached hydrogen (secondary N) is 1. The third-order valence-electron chi connectivity index (χ3n) is 22.2. The number of rotatable bonds is 10. The molecule has 2 saturated heterocycles. The number of nitrogens with zero attached hydrogens (tertiary/aromatic N) is 12. The van der Waals surface area contributed by atoms with Crippen LogP contribution in [0.25, 0.3) is 44.6 Å². The SMILES string of the molecule is CC(C)n1cnc2cc(-c3ccc4c(c3)N(C3CC(N5CCC(C)(C)C5)C3)C(=O)C43CCCCC3)nc(Cl)c21.CC(C)n1cnc2cc(-c3ccc4c(c3)N(C3CC(N5CCC(C)(C)C5)C3)C(=O)C43CCCCC3)nc(Nc3ccncc3F)c21.Nc1ccncc1F. The second-order valence-electron chi connectivity index (χ2n) is 30.2. The van der Waals surface area contributed by atoms with Crippen molar-refractivity contribution in [2.45, 2.75) is 205 Å². The van der Waals surface area contributed by atoms with Crippen molar-refractivity contribution < 1.29 is 18.4 Å². The normalized spacial score (nSPS) is 23.5. The lowest BCUT2D eigenvalue weighted by Gasteiger charge is -2.46. The predicted octanol–water partition coefficient (Wildman–Crippen LogP) is 15.7. The summed E-state index contributed by atoms with van der Waals surface area (Å²) in [6, 6.07) is 22.2. The van der Waals surface area contributed by atoms with Crippen molar-refractivity contribution in [1.29, 1.82) is 0 Å². The Morgan fingerprint density at radius 3 is 1.47 bits per heavy atom. The van der Waals surface area contributed by atoms with Gasteiger partial charge in [0.05, 0.1) is 69.7 Å².